The lowest BCUT2D eigenvalue weighted by atomic mass is 9.98. The Bertz CT molecular complexity index is 240. The highest BCUT2D eigenvalue weighted by atomic mass is 16.4. The van der Waals surface area contributed by atoms with Crippen molar-refractivity contribution in [2.24, 2.45) is 5.92 Å². The maximum Gasteiger partial charge on any atom is 0.321 e. The van der Waals surface area contributed by atoms with Gasteiger partial charge in [0.05, 0.1) is 6.61 Å². The number of hydrogen-bond donors (Lipinski definition) is 2. The van der Waals surface area contributed by atoms with Crippen molar-refractivity contribution in [3.8, 4) is 0 Å². The van der Waals surface area contributed by atoms with Crippen LogP contribution in [0.2, 0.25) is 0 Å². The summed E-state index contributed by atoms with van der Waals surface area (Å²) < 4.78 is 0. The Balaban J connectivity index is 2.06. The van der Waals surface area contributed by atoms with Crippen LogP contribution in [0.15, 0.2) is 0 Å². The van der Waals surface area contributed by atoms with Gasteiger partial charge in [-0.2, -0.15) is 0 Å². The van der Waals surface area contributed by atoms with Crippen LogP contribution in [0, 0.1) is 5.92 Å². The molecular formula is C11H19NO3. The molecule has 86 valence electrons. The maximum atomic E-state index is 11.2. The van der Waals surface area contributed by atoms with E-state index in [1.54, 1.807) is 0 Å². The Morgan fingerprint density at radius 2 is 2.07 bits per heavy atom. The fraction of sp³-hybridized carbons (Fsp3) is 0.909. The molecular weight excluding hydrogens is 194 g/mol. The quantitative estimate of drug-likeness (QED) is 0.721. The summed E-state index contributed by atoms with van der Waals surface area (Å²) in [6.45, 7) is 0.926. The molecule has 1 heterocycles. The van der Waals surface area contributed by atoms with Crippen molar-refractivity contribution in [2.45, 2.75) is 44.2 Å². The Morgan fingerprint density at radius 1 is 1.33 bits per heavy atom. The van der Waals surface area contributed by atoms with Gasteiger partial charge in [0.25, 0.3) is 0 Å². The molecule has 2 unspecified atom stereocenters. The Kier molecular flexibility index (Phi) is 3.26. The predicted octanol–water partition coefficient (Wildman–Crippen LogP) is 0.696. The standard InChI is InChI=1S/C11H19NO3/c13-7-9-3-1-2-6-12(9)10(11(14)15)8-4-5-8/h8-10,13H,1-7H2,(H,14,15). The zero-order valence-corrected chi connectivity index (χ0v) is 8.93. The van der Waals surface area contributed by atoms with Crippen molar-refractivity contribution in [3.05, 3.63) is 0 Å². The van der Waals surface area contributed by atoms with Gasteiger partial charge >= 0.3 is 5.97 Å². The first-order chi connectivity index (χ1) is 7.24. The molecule has 2 fully saturated rings. The lowest BCUT2D eigenvalue weighted by molar-refractivity contribution is -0.146. The first kappa shape index (κ1) is 10.9. The van der Waals surface area contributed by atoms with Gasteiger partial charge in [0.1, 0.15) is 6.04 Å². The smallest absolute Gasteiger partial charge is 0.321 e. The molecule has 2 aliphatic rings. The van der Waals surface area contributed by atoms with Crippen LogP contribution in [0.25, 0.3) is 0 Å². The Hall–Kier alpha value is -0.610. The summed E-state index contributed by atoms with van der Waals surface area (Å²) in [5, 5.41) is 18.5. The molecule has 1 saturated heterocycles. The van der Waals surface area contributed by atoms with Crippen LogP contribution in [-0.2, 0) is 4.79 Å². The topological polar surface area (TPSA) is 60.8 Å². The normalized spacial score (nSPS) is 30.1. The lowest BCUT2D eigenvalue weighted by Gasteiger charge is -2.38. The number of carboxylic acids is 1. The fourth-order valence-electron chi connectivity index (χ4n) is 2.61. The second-order valence-corrected chi connectivity index (χ2v) is 4.69. The number of aliphatic hydroxyl groups excluding tert-OH is 1. The summed E-state index contributed by atoms with van der Waals surface area (Å²) in [5.74, 6) is -0.382. The third-order valence-electron chi connectivity index (χ3n) is 3.56. The molecule has 0 aromatic heterocycles. The van der Waals surface area contributed by atoms with E-state index in [9.17, 15) is 15.0 Å². The molecule has 1 saturated carbocycles. The van der Waals surface area contributed by atoms with Gasteiger partial charge < -0.3 is 10.2 Å². The molecule has 1 aliphatic heterocycles. The van der Waals surface area contributed by atoms with Crippen molar-refractivity contribution in [2.75, 3.05) is 13.2 Å². The molecule has 4 heteroatoms. The molecule has 2 N–H and O–H groups in total. The SMILES string of the molecule is O=C(O)C(C1CC1)N1CCCCC1CO. The predicted molar refractivity (Wildman–Crippen MR) is 55.6 cm³/mol. The van der Waals surface area contributed by atoms with Crippen LogP contribution < -0.4 is 0 Å². The molecule has 1 aliphatic carbocycles. The van der Waals surface area contributed by atoms with Gasteiger partial charge in [-0.25, -0.2) is 0 Å². The first-order valence-corrected chi connectivity index (χ1v) is 5.83. The third-order valence-corrected chi connectivity index (χ3v) is 3.56. The second kappa shape index (κ2) is 4.49. The number of aliphatic carboxylic acids is 1. The van der Waals surface area contributed by atoms with Crippen molar-refractivity contribution in [1.82, 2.24) is 4.90 Å². The van der Waals surface area contributed by atoms with Crippen LogP contribution in [0.5, 0.6) is 0 Å². The van der Waals surface area contributed by atoms with Gasteiger partial charge in [-0.1, -0.05) is 6.42 Å². The highest BCUT2D eigenvalue weighted by Gasteiger charge is 2.43. The van der Waals surface area contributed by atoms with Crippen molar-refractivity contribution >= 4 is 5.97 Å². The van der Waals surface area contributed by atoms with Crippen LogP contribution in [0.4, 0.5) is 0 Å². The number of piperidine rings is 1. The van der Waals surface area contributed by atoms with E-state index in [4.69, 9.17) is 0 Å². The van der Waals surface area contributed by atoms with Crippen LogP contribution >= 0.6 is 0 Å². The summed E-state index contributed by atoms with van der Waals surface area (Å²) in [6, 6.07) is -0.275. The number of nitrogens with zero attached hydrogens (tertiary/aromatic N) is 1. The van der Waals surface area contributed by atoms with E-state index in [1.165, 1.54) is 0 Å². The molecule has 4 nitrogen and oxygen atoms in total. The van der Waals surface area contributed by atoms with Crippen LogP contribution in [-0.4, -0.2) is 46.3 Å². The van der Waals surface area contributed by atoms with E-state index < -0.39 is 5.97 Å². The van der Waals surface area contributed by atoms with Gasteiger partial charge in [-0.05, 0) is 38.1 Å². The monoisotopic (exact) mass is 213 g/mol. The van der Waals surface area contributed by atoms with Crippen molar-refractivity contribution < 1.29 is 15.0 Å². The maximum absolute atomic E-state index is 11.2. The Morgan fingerprint density at radius 3 is 2.60 bits per heavy atom. The largest absolute Gasteiger partial charge is 0.480 e. The summed E-state index contributed by atoms with van der Waals surface area (Å²) >= 11 is 0. The zero-order valence-electron chi connectivity index (χ0n) is 8.93. The van der Waals surface area contributed by atoms with Crippen LogP contribution in [0.1, 0.15) is 32.1 Å². The molecule has 0 amide bonds. The third kappa shape index (κ3) is 2.32. The summed E-state index contributed by atoms with van der Waals surface area (Å²) in [7, 11) is 0. The first-order valence-electron chi connectivity index (χ1n) is 5.83. The lowest BCUT2D eigenvalue weighted by Crippen LogP contribution is -2.52. The van der Waals surface area contributed by atoms with E-state index in [0.717, 1.165) is 38.6 Å². The minimum Gasteiger partial charge on any atom is -0.480 e. The van der Waals surface area contributed by atoms with Crippen LogP contribution in [0.3, 0.4) is 0 Å². The highest BCUT2D eigenvalue weighted by Crippen LogP contribution is 2.37. The molecule has 0 radical (unpaired) electrons. The van der Waals surface area contributed by atoms with E-state index in [0.29, 0.717) is 5.92 Å². The number of aliphatic hydroxyl groups is 1. The number of hydrogen-bond acceptors (Lipinski definition) is 3. The van der Waals surface area contributed by atoms with E-state index >= 15 is 0 Å². The van der Waals surface area contributed by atoms with Gasteiger partial charge in [-0.3, -0.25) is 9.69 Å². The van der Waals surface area contributed by atoms with E-state index in [2.05, 4.69) is 0 Å². The van der Waals surface area contributed by atoms with Gasteiger partial charge in [-0.15, -0.1) is 0 Å². The molecule has 0 aromatic rings. The van der Waals surface area contributed by atoms with Crippen molar-refractivity contribution in [1.29, 1.82) is 0 Å². The molecule has 0 spiro atoms. The van der Waals surface area contributed by atoms with Gasteiger partial charge in [0.15, 0.2) is 0 Å². The minimum absolute atomic E-state index is 0.0699. The molecule has 0 bridgehead atoms. The average Bonchev–Trinajstić information content (AvgIpc) is 3.03. The minimum atomic E-state index is -0.710. The number of carbonyl (C=O) groups is 1. The second-order valence-electron chi connectivity index (χ2n) is 4.69. The highest BCUT2D eigenvalue weighted by molar-refractivity contribution is 5.74. The Labute approximate surface area is 89.9 Å². The summed E-state index contributed by atoms with van der Waals surface area (Å²) in [4.78, 5) is 13.2. The zero-order chi connectivity index (χ0) is 10.8. The number of likely N-dealkylation sites (tertiary alicyclic amines) is 1. The summed E-state index contributed by atoms with van der Waals surface area (Å²) in [5.41, 5.74) is 0. The molecule has 2 atom stereocenters. The molecule has 2 rings (SSSR count). The number of rotatable bonds is 4. The van der Waals surface area contributed by atoms with Gasteiger partial charge in [0.2, 0.25) is 0 Å². The van der Waals surface area contributed by atoms with Gasteiger partial charge in [0, 0.05) is 6.04 Å². The number of carboxylic acid groups (broad SMARTS) is 1. The fourth-order valence-corrected chi connectivity index (χ4v) is 2.61. The summed E-state index contributed by atoms with van der Waals surface area (Å²) in [6.07, 6.45) is 5.18. The molecule has 15 heavy (non-hydrogen) atoms. The molecule has 0 aromatic carbocycles. The van der Waals surface area contributed by atoms with Crippen molar-refractivity contribution in [3.63, 3.8) is 0 Å². The average molecular weight is 213 g/mol. The van der Waals surface area contributed by atoms with E-state index in [-0.39, 0.29) is 18.7 Å². The van der Waals surface area contributed by atoms with E-state index in [1.807, 2.05) is 4.90 Å².